The minimum absolute atomic E-state index is 1.11. The predicted molar refractivity (Wildman–Crippen MR) is 122 cm³/mol. The van der Waals surface area contributed by atoms with E-state index in [1.807, 2.05) is 0 Å². The summed E-state index contributed by atoms with van der Waals surface area (Å²) >= 11 is 0. The zero-order valence-corrected chi connectivity index (χ0v) is 19.1. The first kappa shape index (κ1) is 24.2. The summed E-state index contributed by atoms with van der Waals surface area (Å²) in [5.41, 5.74) is 2.92. The molecular formula is C26H48N+. The molecule has 0 radical (unpaired) electrons. The fraction of sp³-hybridized carbons (Fsp3) is 0.769. The number of hydrogen-bond donors (Lipinski definition) is 0. The minimum atomic E-state index is 1.11. The van der Waals surface area contributed by atoms with E-state index in [1.54, 1.807) is 0 Å². The van der Waals surface area contributed by atoms with Gasteiger partial charge in [-0.25, -0.2) is 0 Å². The highest BCUT2D eigenvalue weighted by molar-refractivity contribution is 5.21. The van der Waals surface area contributed by atoms with E-state index >= 15 is 0 Å². The largest absolute Gasteiger partial charge is 0.325 e. The van der Waals surface area contributed by atoms with Gasteiger partial charge in [0.05, 0.1) is 20.6 Å². The summed E-state index contributed by atoms with van der Waals surface area (Å²) in [7, 11) is 4.77. The Morgan fingerprint density at radius 3 is 1.41 bits per heavy atom. The van der Waals surface area contributed by atoms with Gasteiger partial charge in [0.1, 0.15) is 6.54 Å². The third kappa shape index (κ3) is 13.1. The van der Waals surface area contributed by atoms with Crippen LogP contribution in [0.5, 0.6) is 0 Å². The van der Waals surface area contributed by atoms with Crippen LogP contribution in [0.25, 0.3) is 0 Å². The van der Waals surface area contributed by atoms with Crippen molar-refractivity contribution in [3.05, 3.63) is 35.4 Å². The van der Waals surface area contributed by atoms with Gasteiger partial charge in [0.25, 0.3) is 0 Å². The molecular weight excluding hydrogens is 326 g/mol. The average Bonchev–Trinajstić information content (AvgIpc) is 2.66. The van der Waals surface area contributed by atoms with Crippen molar-refractivity contribution in [3.8, 4) is 0 Å². The highest BCUT2D eigenvalue weighted by Crippen LogP contribution is 2.15. The van der Waals surface area contributed by atoms with Gasteiger partial charge < -0.3 is 4.48 Å². The molecule has 156 valence electrons. The first-order valence-corrected chi connectivity index (χ1v) is 12.0. The summed E-state index contributed by atoms with van der Waals surface area (Å²) in [6.45, 7) is 6.98. The van der Waals surface area contributed by atoms with Crippen LogP contribution < -0.4 is 0 Å². The van der Waals surface area contributed by atoms with Crippen molar-refractivity contribution in [2.24, 2.45) is 0 Å². The van der Waals surface area contributed by atoms with Gasteiger partial charge in [-0.2, -0.15) is 0 Å². The molecule has 0 atom stereocenters. The second-order valence-corrected chi connectivity index (χ2v) is 9.23. The molecule has 0 bridgehead atoms. The summed E-state index contributed by atoms with van der Waals surface area (Å²) in [6.07, 6.45) is 19.8. The Morgan fingerprint density at radius 2 is 0.963 bits per heavy atom. The molecule has 1 heteroatoms. The summed E-state index contributed by atoms with van der Waals surface area (Å²) in [5, 5.41) is 0. The van der Waals surface area contributed by atoms with Gasteiger partial charge in [-0.1, -0.05) is 109 Å². The van der Waals surface area contributed by atoms with Gasteiger partial charge in [-0.3, -0.25) is 0 Å². The van der Waals surface area contributed by atoms with E-state index in [1.165, 1.54) is 101 Å². The van der Waals surface area contributed by atoms with E-state index < -0.39 is 0 Å². The first-order chi connectivity index (χ1) is 13.1. The van der Waals surface area contributed by atoms with Gasteiger partial charge in [0, 0.05) is 5.56 Å². The van der Waals surface area contributed by atoms with E-state index in [4.69, 9.17) is 0 Å². The molecule has 0 aliphatic heterocycles. The van der Waals surface area contributed by atoms with Crippen LogP contribution in [0, 0.1) is 0 Å². The van der Waals surface area contributed by atoms with Crippen molar-refractivity contribution < 1.29 is 4.48 Å². The van der Waals surface area contributed by atoms with Gasteiger partial charge in [0.15, 0.2) is 0 Å². The van der Waals surface area contributed by atoms with Gasteiger partial charge in [-0.05, 0) is 24.8 Å². The Morgan fingerprint density at radius 1 is 0.556 bits per heavy atom. The maximum atomic E-state index is 2.38. The zero-order valence-electron chi connectivity index (χ0n) is 19.1. The van der Waals surface area contributed by atoms with E-state index in [-0.39, 0.29) is 0 Å². The minimum Gasteiger partial charge on any atom is -0.325 e. The predicted octanol–water partition coefficient (Wildman–Crippen LogP) is 7.92. The standard InChI is InChI=1S/C26H48N/c1-5-7-8-9-10-11-12-13-14-15-16-17-18-23-27(3,4)24-26-21-19-25(6-2)20-22-26/h19-22H,5-18,23-24H2,1-4H3/q+1. The van der Waals surface area contributed by atoms with E-state index in [0.29, 0.717) is 0 Å². The van der Waals surface area contributed by atoms with Crippen LogP contribution in [0.1, 0.15) is 108 Å². The monoisotopic (exact) mass is 374 g/mol. The number of nitrogens with zero attached hydrogens (tertiary/aromatic N) is 1. The zero-order chi connectivity index (χ0) is 19.8. The van der Waals surface area contributed by atoms with Crippen molar-refractivity contribution in [1.29, 1.82) is 0 Å². The van der Waals surface area contributed by atoms with Crippen molar-refractivity contribution >= 4 is 0 Å². The Bertz CT molecular complexity index is 446. The Kier molecular flexibility index (Phi) is 13.6. The third-order valence-corrected chi connectivity index (χ3v) is 5.91. The molecule has 1 nitrogen and oxygen atoms in total. The van der Waals surface area contributed by atoms with Crippen LogP contribution in [0.2, 0.25) is 0 Å². The number of quaternary nitrogens is 1. The molecule has 1 rings (SSSR count). The molecule has 0 aliphatic rings. The number of rotatable bonds is 17. The Balaban J connectivity index is 1.97. The van der Waals surface area contributed by atoms with Crippen LogP contribution in [0.4, 0.5) is 0 Å². The maximum Gasteiger partial charge on any atom is 0.104 e. The lowest BCUT2D eigenvalue weighted by molar-refractivity contribution is -0.903. The molecule has 0 aromatic heterocycles. The fourth-order valence-electron chi connectivity index (χ4n) is 4.01. The fourth-order valence-corrected chi connectivity index (χ4v) is 4.01. The molecule has 0 heterocycles. The molecule has 0 saturated heterocycles. The molecule has 0 aliphatic carbocycles. The summed E-state index contributed by atoms with van der Waals surface area (Å²) in [5.74, 6) is 0. The lowest BCUT2D eigenvalue weighted by atomic mass is 10.0. The highest BCUT2D eigenvalue weighted by Gasteiger charge is 2.15. The molecule has 0 unspecified atom stereocenters. The summed E-state index contributed by atoms with van der Waals surface area (Å²) in [6, 6.07) is 9.23. The lowest BCUT2D eigenvalue weighted by Crippen LogP contribution is -2.39. The van der Waals surface area contributed by atoms with Gasteiger partial charge in [0.2, 0.25) is 0 Å². The molecule has 1 aromatic rings. The first-order valence-electron chi connectivity index (χ1n) is 12.0. The van der Waals surface area contributed by atoms with Crippen molar-refractivity contribution in [2.75, 3.05) is 20.6 Å². The van der Waals surface area contributed by atoms with Crippen LogP contribution >= 0.6 is 0 Å². The summed E-state index contributed by atoms with van der Waals surface area (Å²) < 4.78 is 1.11. The molecule has 0 spiro atoms. The summed E-state index contributed by atoms with van der Waals surface area (Å²) in [4.78, 5) is 0. The average molecular weight is 375 g/mol. The third-order valence-electron chi connectivity index (χ3n) is 5.91. The molecule has 0 amide bonds. The molecule has 27 heavy (non-hydrogen) atoms. The Labute approximate surface area is 171 Å². The van der Waals surface area contributed by atoms with Crippen LogP contribution in [0.3, 0.4) is 0 Å². The smallest absolute Gasteiger partial charge is 0.104 e. The van der Waals surface area contributed by atoms with E-state index in [9.17, 15) is 0 Å². The number of hydrogen-bond acceptors (Lipinski definition) is 0. The van der Waals surface area contributed by atoms with Gasteiger partial charge >= 0.3 is 0 Å². The SMILES string of the molecule is CCCCCCCCCCCCCCC[N+](C)(C)Cc1ccc(CC)cc1. The van der Waals surface area contributed by atoms with Crippen LogP contribution in [-0.4, -0.2) is 25.1 Å². The second-order valence-electron chi connectivity index (χ2n) is 9.23. The molecule has 0 fully saturated rings. The molecule has 0 saturated carbocycles. The van der Waals surface area contributed by atoms with Crippen molar-refractivity contribution in [3.63, 3.8) is 0 Å². The van der Waals surface area contributed by atoms with Crippen LogP contribution in [0.15, 0.2) is 24.3 Å². The van der Waals surface area contributed by atoms with Crippen LogP contribution in [-0.2, 0) is 13.0 Å². The maximum absolute atomic E-state index is 2.38. The molecule has 1 aromatic carbocycles. The lowest BCUT2D eigenvalue weighted by Gasteiger charge is -2.30. The second kappa shape index (κ2) is 15.1. The topological polar surface area (TPSA) is 0 Å². The number of unbranched alkanes of at least 4 members (excludes halogenated alkanes) is 12. The Hall–Kier alpha value is -0.820. The number of benzene rings is 1. The van der Waals surface area contributed by atoms with E-state index in [0.717, 1.165) is 17.4 Å². The molecule has 0 N–H and O–H groups in total. The normalized spacial score (nSPS) is 11.9. The quantitative estimate of drug-likeness (QED) is 0.192. The van der Waals surface area contributed by atoms with Gasteiger partial charge in [-0.15, -0.1) is 0 Å². The number of aryl methyl sites for hydroxylation is 1. The van der Waals surface area contributed by atoms with E-state index in [2.05, 4.69) is 52.2 Å². The van der Waals surface area contributed by atoms with Crippen molar-refractivity contribution in [2.45, 2.75) is 110 Å². The van der Waals surface area contributed by atoms with Crippen molar-refractivity contribution in [1.82, 2.24) is 0 Å². The highest BCUT2D eigenvalue weighted by atomic mass is 15.3.